The van der Waals surface area contributed by atoms with Gasteiger partial charge in [-0.1, -0.05) is 6.07 Å². The van der Waals surface area contributed by atoms with Crippen molar-refractivity contribution < 1.29 is 18.3 Å². The maximum absolute atomic E-state index is 13.5. The highest BCUT2D eigenvalue weighted by molar-refractivity contribution is 5.97. The van der Waals surface area contributed by atoms with Gasteiger partial charge in [0.25, 0.3) is 0 Å². The number of aromatic nitrogens is 5. The number of fused-ring (bicyclic) bond motifs is 6. The highest BCUT2D eigenvalue weighted by atomic mass is 19.3. The zero-order valence-electron chi connectivity index (χ0n) is 15.5. The smallest absolute Gasteiger partial charge is 0.395 e. The van der Waals surface area contributed by atoms with Gasteiger partial charge in [0.2, 0.25) is 5.95 Å². The van der Waals surface area contributed by atoms with Gasteiger partial charge in [-0.3, -0.25) is 9.88 Å². The fourth-order valence-electron chi connectivity index (χ4n) is 3.93. The van der Waals surface area contributed by atoms with E-state index >= 15 is 0 Å². The molecule has 4 aromatic rings. The second kappa shape index (κ2) is 5.95. The van der Waals surface area contributed by atoms with Crippen LogP contribution in [0.15, 0.2) is 30.5 Å². The predicted molar refractivity (Wildman–Crippen MR) is 101 cm³/mol. The van der Waals surface area contributed by atoms with Crippen molar-refractivity contribution in [2.24, 2.45) is 0 Å². The second-order valence-electron chi connectivity index (χ2n) is 7.26. The van der Waals surface area contributed by atoms with Gasteiger partial charge >= 0.3 is 6.29 Å². The van der Waals surface area contributed by atoms with Crippen LogP contribution in [0.3, 0.4) is 0 Å². The lowest BCUT2D eigenvalue weighted by atomic mass is 10.2. The first-order chi connectivity index (χ1) is 14.5. The summed E-state index contributed by atoms with van der Waals surface area (Å²) in [7, 11) is 0. The number of nitrogen functional groups attached to an aromatic ring is 1. The average Bonchev–Trinajstić information content (AvgIpc) is 3.39. The average molecular weight is 411 g/mol. The van der Waals surface area contributed by atoms with Crippen molar-refractivity contribution in [3.8, 4) is 11.5 Å². The quantitative estimate of drug-likeness (QED) is 0.547. The minimum atomic E-state index is -3.74. The monoisotopic (exact) mass is 411 g/mol. The second-order valence-corrected chi connectivity index (χ2v) is 7.26. The summed E-state index contributed by atoms with van der Waals surface area (Å²) >= 11 is 0. The first kappa shape index (κ1) is 17.3. The number of halogens is 2. The third-order valence-electron chi connectivity index (χ3n) is 5.28. The number of alkyl halides is 2. The molecule has 5 heterocycles. The number of benzene rings is 1. The fraction of sp³-hybridized carbons (Fsp3) is 0.263. The van der Waals surface area contributed by atoms with Crippen molar-refractivity contribution in [3.63, 3.8) is 0 Å². The zero-order chi connectivity index (χ0) is 20.5. The van der Waals surface area contributed by atoms with E-state index in [0.29, 0.717) is 23.3 Å². The fourth-order valence-corrected chi connectivity index (χ4v) is 3.93. The van der Waals surface area contributed by atoms with Gasteiger partial charge in [0, 0.05) is 37.6 Å². The van der Waals surface area contributed by atoms with Crippen LogP contribution in [-0.2, 0) is 19.5 Å². The molecule has 0 saturated carbocycles. The summed E-state index contributed by atoms with van der Waals surface area (Å²) in [6, 6.07) is 7.02. The van der Waals surface area contributed by atoms with E-state index in [1.54, 1.807) is 12.3 Å². The Bertz CT molecular complexity index is 1300. The number of anilines is 1. The van der Waals surface area contributed by atoms with E-state index in [2.05, 4.69) is 40.5 Å². The van der Waals surface area contributed by atoms with Crippen molar-refractivity contribution in [1.29, 1.82) is 0 Å². The number of hydrogen-bond acceptors (Lipinski definition) is 8. The van der Waals surface area contributed by atoms with Gasteiger partial charge in [-0.05, 0) is 23.8 Å². The van der Waals surface area contributed by atoms with E-state index < -0.39 is 6.29 Å². The normalized spacial score (nSPS) is 17.1. The third kappa shape index (κ3) is 2.62. The Hall–Kier alpha value is -3.60. The number of ether oxygens (including phenoxy) is 2. The SMILES string of the molecule is Nc1nc2c3c(ccc2c2nc(CCN4Cc5cccnc5C4)nn12)OC(F)(F)O3. The van der Waals surface area contributed by atoms with E-state index in [1.807, 2.05) is 6.07 Å². The maximum atomic E-state index is 13.5. The van der Waals surface area contributed by atoms with Crippen molar-refractivity contribution in [1.82, 2.24) is 29.5 Å². The molecule has 0 amide bonds. The van der Waals surface area contributed by atoms with Crippen LogP contribution in [-0.4, -0.2) is 42.3 Å². The minimum absolute atomic E-state index is 0.0289. The van der Waals surface area contributed by atoms with Gasteiger partial charge in [-0.15, -0.1) is 13.9 Å². The summed E-state index contributed by atoms with van der Waals surface area (Å²) in [5.41, 5.74) is 8.93. The molecular weight excluding hydrogens is 396 g/mol. The molecule has 6 rings (SSSR count). The predicted octanol–water partition coefficient (Wildman–Crippen LogP) is 2.13. The Balaban J connectivity index is 1.32. The van der Waals surface area contributed by atoms with E-state index in [0.717, 1.165) is 25.3 Å². The number of hydrogen-bond donors (Lipinski definition) is 1. The molecule has 152 valence electrons. The van der Waals surface area contributed by atoms with Crippen LogP contribution in [0.5, 0.6) is 11.5 Å². The molecule has 0 atom stereocenters. The van der Waals surface area contributed by atoms with Crippen molar-refractivity contribution in [2.75, 3.05) is 12.3 Å². The molecular formula is C19H15F2N7O2. The summed E-state index contributed by atoms with van der Waals surface area (Å²) in [6.45, 7) is 2.37. The summed E-state index contributed by atoms with van der Waals surface area (Å²) in [5, 5.41) is 4.95. The van der Waals surface area contributed by atoms with Crippen molar-refractivity contribution in [2.45, 2.75) is 25.8 Å². The van der Waals surface area contributed by atoms with E-state index in [4.69, 9.17) is 5.73 Å². The van der Waals surface area contributed by atoms with Crippen LogP contribution in [0.1, 0.15) is 17.1 Å². The zero-order valence-corrected chi connectivity index (χ0v) is 15.5. The van der Waals surface area contributed by atoms with Crippen LogP contribution in [0.25, 0.3) is 16.6 Å². The third-order valence-corrected chi connectivity index (χ3v) is 5.28. The number of nitrogens with two attached hydrogens (primary N) is 1. The van der Waals surface area contributed by atoms with Gasteiger partial charge in [0.05, 0.1) is 5.69 Å². The van der Waals surface area contributed by atoms with Gasteiger partial charge in [-0.25, -0.2) is 9.97 Å². The Morgan fingerprint density at radius 1 is 1.13 bits per heavy atom. The molecule has 0 saturated heterocycles. The molecule has 30 heavy (non-hydrogen) atoms. The van der Waals surface area contributed by atoms with Gasteiger partial charge in [0.15, 0.2) is 23.0 Å². The molecule has 0 bridgehead atoms. The Morgan fingerprint density at radius 3 is 2.90 bits per heavy atom. The summed E-state index contributed by atoms with van der Waals surface area (Å²) in [5.74, 6) is 0.369. The molecule has 9 nitrogen and oxygen atoms in total. The molecule has 2 aliphatic heterocycles. The van der Waals surface area contributed by atoms with Crippen LogP contribution < -0.4 is 15.2 Å². The molecule has 11 heteroatoms. The van der Waals surface area contributed by atoms with Gasteiger partial charge < -0.3 is 15.2 Å². The lowest BCUT2D eigenvalue weighted by molar-refractivity contribution is -0.286. The molecule has 2 N–H and O–H groups in total. The first-order valence-corrected chi connectivity index (χ1v) is 9.36. The molecule has 0 spiro atoms. The molecule has 0 aliphatic carbocycles. The Morgan fingerprint density at radius 2 is 2.03 bits per heavy atom. The first-order valence-electron chi connectivity index (χ1n) is 9.36. The Labute approximate surface area is 168 Å². The Kier molecular flexibility index (Phi) is 3.43. The number of rotatable bonds is 3. The lowest BCUT2D eigenvalue weighted by Crippen LogP contribution is -2.26. The summed E-state index contributed by atoms with van der Waals surface area (Å²) in [6.07, 6.45) is -1.34. The molecule has 2 aliphatic rings. The van der Waals surface area contributed by atoms with Crippen LogP contribution >= 0.6 is 0 Å². The molecule has 0 unspecified atom stereocenters. The summed E-state index contributed by atoms with van der Waals surface area (Å²) in [4.78, 5) is 15.5. The van der Waals surface area contributed by atoms with Crippen molar-refractivity contribution >= 4 is 22.5 Å². The highest BCUT2D eigenvalue weighted by Crippen LogP contribution is 2.45. The summed E-state index contributed by atoms with van der Waals surface area (Å²) < 4.78 is 37.5. The molecule has 3 aromatic heterocycles. The topological polar surface area (TPSA) is 104 Å². The highest BCUT2D eigenvalue weighted by Gasteiger charge is 2.45. The van der Waals surface area contributed by atoms with Crippen LogP contribution in [0.2, 0.25) is 0 Å². The van der Waals surface area contributed by atoms with E-state index in [1.165, 1.54) is 16.1 Å². The van der Waals surface area contributed by atoms with E-state index in [-0.39, 0.29) is 23.0 Å². The van der Waals surface area contributed by atoms with Gasteiger partial charge in [-0.2, -0.15) is 4.52 Å². The molecule has 1 aromatic carbocycles. The van der Waals surface area contributed by atoms with E-state index in [9.17, 15) is 8.78 Å². The van der Waals surface area contributed by atoms with Crippen molar-refractivity contribution in [3.05, 3.63) is 47.5 Å². The number of pyridine rings is 1. The number of nitrogens with zero attached hydrogens (tertiary/aromatic N) is 6. The van der Waals surface area contributed by atoms with Gasteiger partial charge in [0.1, 0.15) is 5.52 Å². The minimum Gasteiger partial charge on any atom is -0.395 e. The van der Waals surface area contributed by atoms with Crippen LogP contribution in [0, 0.1) is 0 Å². The maximum Gasteiger partial charge on any atom is 0.586 e. The largest absolute Gasteiger partial charge is 0.586 e. The standard InChI is InChI=1S/C19H15F2N7O2/c20-19(21)29-13-4-3-11-15(16(13)30-19)25-18(22)28-17(11)24-14(26-28)5-7-27-8-10-2-1-6-23-12(10)9-27/h1-4,6H,5,7-9H2,(H2,22,25). The molecule has 0 fully saturated rings. The molecule has 0 radical (unpaired) electrons. The van der Waals surface area contributed by atoms with Crippen LogP contribution in [0.4, 0.5) is 14.7 Å². The lowest BCUT2D eigenvalue weighted by Gasteiger charge is -2.12.